The minimum atomic E-state index is -0.370. The first-order chi connectivity index (χ1) is 6.77. The molecule has 0 aliphatic carbocycles. The van der Waals surface area contributed by atoms with Crippen molar-refractivity contribution in [3.8, 4) is 0 Å². The Kier molecular flexibility index (Phi) is 4.86. The van der Waals surface area contributed by atoms with Gasteiger partial charge in [-0.3, -0.25) is 4.79 Å². The molecule has 14 heavy (non-hydrogen) atoms. The molecule has 0 bridgehead atoms. The molecule has 0 radical (unpaired) electrons. The van der Waals surface area contributed by atoms with E-state index in [1.54, 1.807) is 0 Å². The van der Waals surface area contributed by atoms with Gasteiger partial charge >= 0.3 is 5.97 Å². The van der Waals surface area contributed by atoms with E-state index in [1.807, 2.05) is 6.92 Å². The van der Waals surface area contributed by atoms with Gasteiger partial charge in [0.1, 0.15) is 12.1 Å². The first-order valence-corrected chi connectivity index (χ1v) is 4.78. The first kappa shape index (κ1) is 11.4. The summed E-state index contributed by atoms with van der Waals surface area (Å²) in [5.41, 5.74) is 0. The van der Waals surface area contributed by atoms with Crippen LogP contribution in [0.2, 0.25) is 0 Å². The highest BCUT2D eigenvalue weighted by molar-refractivity contribution is 5.75. The molecule has 1 fully saturated rings. The van der Waals surface area contributed by atoms with Crippen LogP contribution in [0.3, 0.4) is 0 Å². The van der Waals surface area contributed by atoms with Crippen LogP contribution >= 0.6 is 0 Å². The Morgan fingerprint density at radius 3 is 2.79 bits per heavy atom. The Morgan fingerprint density at radius 2 is 2.36 bits per heavy atom. The van der Waals surface area contributed by atoms with Crippen LogP contribution in [0.15, 0.2) is 0 Å². The van der Waals surface area contributed by atoms with Crippen LogP contribution in [0.1, 0.15) is 6.92 Å². The number of rotatable bonds is 6. The zero-order valence-corrected chi connectivity index (χ0v) is 8.62. The molecule has 1 saturated heterocycles. The van der Waals surface area contributed by atoms with Crippen LogP contribution < -0.4 is 5.32 Å². The zero-order chi connectivity index (χ0) is 10.4. The maximum atomic E-state index is 11.2. The lowest BCUT2D eigenvalue weighted by molar-refractivity contribution is -0.154. The van der Waals surface area contributed by atoms with Crippen molar-refractivity contribution in [2.75, 3.05) is 33.5 Å². The molecule has 1 atom stereocenters. The second kappa shape index (κ2) is 5.95. The number of esters is 1. The normalized spacial score (nSPS) is 18.7. The highest BCUT2D eigenvalue weighted by Gasteiger charge is 2.24. The third-order valence-electron chi connectivity index (χ3n) is 2.04. The van der Waals surface area contributed by atoms with Gasteiger partial charge in [0.05, 0.1) is 26.9 Å². The molecule has 1 unspecified atom stereocenters. The van der Waals surface area contributed by atoms with E-state index in [0.29, 0.717) is 26.4 Å². The third-order valence-corrected chi connectivity index (χ3v) is 2.04. The monoisotopic (exact) mass is 203 g/mol. The second-order valence-electron chi connectivity index (χ2n) is 3.13. The van der Waals surface area contributed by atoms with Gasteiger partial charge in [-0.1, -0.05) is 6.92 Å². The zero-order valence-electron chi connectivity index (χ0n) is 8.62. The number of nitrogens with one attached hydrogen (secondary N) is 1. The van der Waals surface area contributed by atoms with E-state index in [0.717, 1.165) is 0 Å². The summed E-state index contributed by atoms with van der Waals surface area (Å²) in [6, 6.07) is -0.370. The van der Waals surface area contributed by atoms with Crippen molar-refractivity contribution >= 4 is 5.97 Å². The maximum absolute atomic E-state index is 11.2. The predicted octanol–water partition coefficient (Wildman–Crippen LogP) is -0.447. The highest BCUT2D eigenvalue weighted by Crippen LogP contribution is 2.05. The summed E-state index contributed by atoms with van der Waals surface area (Å²) in [6.07, 6.45) is 0.140. The molecule has 1 rings (SSSR count). The van der Waals surface area contributed by atoms with Crippen molar-refractivity contribution in [1.29, 1.82) is 0 Å². The van der Waals surface area contributed by atoms with Gasteiger partial charge in [-0.2, -0.15) is 0 Å². The van der Waals surface area contributed by atoms with Crippen molar-refractivity contribution in [2.24, 2.45) is 0 Å². The van der Waals surface area contributed by atoms with Crippen molar-refractivity contribution in [1.82, 2.24) is 5.32 Å². The second-order valence-corrected chi connectivity index (χ2v) is 3.13. The quantitative estimate of drug-likeness (QED) is 0.593. The standard InChI is InChI=1S/C9H17NO4/c1-3-10-8(9(11)12-2)6-14-7-4-13-5-7/h7-8,10H,3-6H2,1-2H3. The van der Waals surface area contributed by atoms with E-state index in [9.17, 15) is 4.79 Å². The Morgan fingerprint density at radius 1 is 1.64 bits per heavy atom. The van der Waals surface area contributed by atoms with Gasteiger partial charge in [0.25, 0.3) is 0 Å². The van der Waals surface area contributed by atoms with Gasteiger partial charge < -0.3 is 19.5 Å². The molecule has 0 aromatic carbocycles. The van der Waals surface area contributed by atoms with Crippen LogP contribution in [0.25, 0.3) is 0 Å². The summed E-state index contributed by atoms with van der Waals surface area (Å²) in [5, 5.41) is 3.00. The van der Waals surface area contributed by atoms with Crippen LogP contribution in [0, 0.1) is 0 Å². The minimum absolute atomic E-state index is 0.140. The lowest BCUT2D eigenvalue weighted by Gasteiger charge is -2.27. The number of hydrogen-bond acceptors (Lipinski definition) is 5. The van der Waals surface area contributed by atoms with Gasteiger partial charge in [0, 0.05) is 0 Å². The molecule has 5 nitrogen and oxygen atoms in total. The highest BCUT2D eigenvalue weighted by atomic mass is 16.6. The van der Waals surface area contributed by atoms with Gasteiger partial charge in [0.15, 0.2) is 0 Å². The van der Waals surface area contributed by atoms with Gasteiger partial charge in [-0.25, -0.2) is 0 Å². The van der Waals surface area contributed by atoms with Gasteiger partial charge in [-0.15, -0.1) is 0 Å². The molecule has 5 heteroatoms. The van der Waals surface area contributed by atoms with Crippen LogP contribution in [-0.4, -0.2) is 51.6 Å². The molecule has 1 aliphatic heterocycles. The van der Waals surface area contributed by atoms with Crippen molar-refractivity contribution in [3.05, 3.63) is 0 Å². The Hall–Kier alpha value is -0.650. The van der Waals surface area contributed by atoms with Crippen molar-refractivity contribution < 1.29 is 19.0 Å². The number of carbonyl (C=O) groups is 1. The topological polar surface area (TPSA) is 56.8 Å². The summed E-state index contributed by atoms with van der Waals surface area (Å²) in [4.78, 5) is 11.2. The van der Waals surface area contributed by atoms with Crippen LogP contribution in [-0.2, 0) is 19.0 Å². The maximum Gasteiger partial charge on any atom is 0.325 e. The van der Waals surface area contributed by atoms with E-state index >= 15 is 0 Å². The summed E-state index contributed by atoms with van der Waals surface area (Å²) >= 11 is 0. The minimum Gasteiger partial charge on any atom is -0.468 e. The molecule has 0 aromatic heterocycles. The van der Waals surface area contributed by atoms with E-state index in [-0.39, 0.29) is 18.1 Å². The van der Waals surface area contributed by atoms with E-state index in [1.165, 1.54) is 7.11 Å². The molecule has 0 aromatic rings. The molecule has 0 amide bonds. The smallest absolute Gasteiger partial charge is 0.325 e. The summed E-state index contributed by atoms with van der Waals surface area (Å²) in [6.45, 7) is 4.24. The lowest BCUT2D eigenvalue weighted by Crippen LogP contribution is -2.45. The third kappa shape index (κ3) is 3.25. The predicted molar refractivity (Wildman–Crippen MR) is 50.0 cm³/mol. The fourth-order valence-electron chi connectivity index (χ4n) is 1.14. The average molecular weight is 203 g/mol. The lowest BCUT2D eigenvalue weighted by atomic mass is 10.3. The van der Waals surface area contributed by atoms with E-state index < -0.39 is 0 Å². The number of hydrogen-bond donors (Lipinski definition) is 1. The van der Waals surface area contributed by atoms with Gasteiger partial charge in [0.2, 0.25) is 0 Å². The number of methoxy groups -OCH3 is 1. The first-order valence-electron chi connectivity index (χ1n) is 4.78. The molecule has 1 heterocycles. The molecule has 0 spiro atoms. The molecule has 0 saturated carbocycles. The molecule has 1 N–H and O–H groups in total. The largest absolute Gasteiger partial charge is 0.468 e. The SMILES string of the molecule is CCNC(COC1COC1)C(=O)OC. The van der Waals surface area contributed by atoms with Crippen LogP contribution in [0.4, 0.5) is 0 Å². The van der Waals surface area contributed by atoms with Gasteiger partial charge in [-0.05, 0) is 6.54 Å². The summed E-state index contributed by atoms with van der Waals surface area (Å²) < 4.78 is 15.0. The Balaban J connectivity index is 2.22. The van der Waals surface area contributed by atoms with Crippen molar-refractivity contribution in [3.63, 3.8) is 0 Å². The van der Waals surface area contributed by atoms with Crippen LogP contribution in [0.5, 0.6) is 0 Å². The van der Waals surface area contributed by atoms with E-state index in [2.05, 4.69) is 10.1 Å². The number of ether oxygens (including phenoxy) is 3. The average Bonchev–Trinajstić information content (AvgIpc) is 2.13. The Labute approximate surface area is 83.7 Å². The number of carbonyl (C=O) groups excluding carboxylic acids is 1. The molecule has 1 aliphatic rings. The fraction of sp³-hybridized carbons (Fsp3) is 0.889. The summed E-state index contributed by atoms with van der Waals surface area (Å²) in [7, 11) is 1.37. The molecule has 82 valence electrons. The Bertz CT molecular complexity index is 182. The molecular formula is C9H17NO4. The molecular weight excluding hydrogens is 186 g/mol. The van der Waals surface area contributed by atoms with Crippen molar-refractivity contribution in [2.45, 2.75) is 19.1 Å². The number of likely N-dealkylation sites (N-methyl/N-ethyl adjacent to an activating group) is 1. The van der Waals surface area contributed by atoms with E-state index in [4.69, 9.17) is 9.47 Å². The summed E-state index contributed by atoms with van der Waals surface area (Å²) in [5.74, 6) is -0.285. The fourth-order valence-corrected chi connectivity index (χ4v) is 1.14.